The summed E-state index contributed by atoms with van der Waals surface area (Å²) in [7, 11) is 0. The molecule has 0 aliphatic heterocycles. The molecule has 0 aromatic heterocycles. The topological polar surface area (TPSA) is 95.9 Å². The second kappa shape index (κ2) is 53.2. The summed E-state index contributed by atoms with van der Waals surface area (Å²) in [4.78, 5) is 26.2. The molecule has 0 aromatic carbocycles. The van der Waals surface area contributed by atoms with E-state index in [0.717, 1.165) is 89.9 Å². The van der Waals surface area contributed by atoms with Crippen molar-refractivity contribution in [2.75, 3.05) is 6.61 Å². The number of allylic oxidation sites excluding steroid dienone is 20. The SMILES string of the molecule is CC/C=C\C/C=C\C/C=C\C/C=C\C/C=C\C/C=C\CCC(=O)OC(CCCCC/C=C/C=C/C=C/C=C/CCCCC)CC(=O)NC(CO)C(O)CCCCCCCCCCCCCCC. The van der Waals surface area contributed by atoms with Crippen LogP contribution in [-0.4, -0.2) is 46.9 Å². The number of carbonyl (C=O) groups is 2. The molecule has 1 amide bonds. The molecule has 0 aliphatic carbocycles. The first-order chi connectivity index (χ1) is 33.0. The van der Waals surface area contributed by atoms with Crippen LogP contribution in [0.25, 0.3) is 0 Å². The second-order valence-corrected chi connectivity index (χ2v) is 18.0. The average Bonchev–Trinajstić information content (AvgIpc) is 3.32. The van der Waals surface area contributed by atoms with Gasteiger partial charge in [-0.05, 0) is 89.9 Å². The molecule has 6 nitrogen and oxygen atoms in total. The third-order valence-corrected chi connectivity index (χ3v) is 11.6. The van der Waals surface area contributed by atoms with Gasteiger partial charge in [-0.1, -0.05) is 245 Å². The molecule has 3 unspecified atom stereocenters. The van der Waals surface area contributed by atoms with Crippen molar-refractivity contribution in [3.05, 3.63) is 122 Å². The van der Waals surface area contributed by atoms with E-state index in [0.29, 0.717) is 19.3 Å². The third kappa shape index (κ3) is 48.5. The van der Waals surface area contributed by atoms with Crippen LogP contribution in [0.1, 0.15) is 226 Å². The number of rotatable bonds is 47. The summed E-state index contributed by atoms with van der Waals surface area (Å²) in [5.41, 5.74) is 0. The molecule has 0 bridgehead atoms. The Morgan fingerprint density at radius 2 is 0.866 bits per heavy atom. The first-order valence-corrected chi connectivity index (χ1v) is 27.3. The molecule has 0 aliphatic rings. The molecule has 0 spiro atoms. The summed E-state index contributed by atoms with van der Waals surface area (Å²) in [6.45, 7) is 6.30. The monoisotopic (exact) mass is 928 g/mol. The second-order valence-electron chi connectivity index (χ2n) is 18.0. The Morgan fingerprint density at radius 3 is 1.36 bits per heavy atom. The third-order valence-electron chi connectivity index (χ3n) is 11.6. The highest BCUT2D eigenvalue weighted by Gasteiger charge is 2.24. The minimum absolute atomic E-state index is 0.0136. The Labute approximate surface area is 412 Å². The number of unbranched alkanes of at least 4 members (excludes halogenated alkanes) is 18. The van der Waals surface area contributed by atoms with E-state index in [9.17, 15) is 19.8 Å². The number of hydrogen-bond acceptors (Lipinski definition) is 5. The summed E-state index contributed by atoms with van der Waals surface area (Å²) >= 11 is 0. The van der Waals surface area contributed by atoms with Crippen molar-refractivity contribution in [1.82, 2.24) is 5.32 Å². The van der Waals surface area contributed by atoms with E-state index in [4.69, 9.17) is 4.74 Å². The maximum atomic E-state index is 13.2. The van der Waals surface area contributed by atoms with Crippen LogP contribution in [0.2, 0.25) is 0 Å². The minimum Gasteiger partial charge on any atom is -0.462 e. The number of hydrogen-bond donors (Lipinski definition) is 3. The molecule has 6 heteroatoms. The van der Waals surface area contributed by atoms with Crippen molar-refractivity contribution in [2.45, 2.75) is 244 Å². The fourth-order valence-corrected chi connectivity index (χ4v) is 7.53. The van der Waals surface area contributed by atoms with E-state index in [-0.39, 0.29) is 31.3 Å². The van der Waals surface area contributed by atoms with Crippen molar-refractivity contribution in [3.8, 4) is 0 Å². The predicted molar refractivity (Wildman–Crippen MR) is 291 cm³/mol. The van der Waals surface area contributed by atoms with Gasteiger partial charge in [-0.2, -0.15) is 0 Å². The lowest BCUT2D eigenvalue weighted by molar-refractivity contribution is -0.150. The van der Waals surface area contributed by atoms with Crippen LogP contribution in [0.4, 0.5) is 0 Å². The molecular weight excluding hydrogens is 827 g/mol. The molecule has 0 saturated heterocycles. The van der Waals surface area contributed by atoms with E-state index in [1.807, 2.05) is 24.3 Å². The molecule has 0 saturated carbocycles. The molecule has 0 rings (SSSR count). The van der Waals surface area contributed by atoms with Gasteiger partial charge < -0.3 is 20.3 Å². The van der Waals surface area contributed by atoms with Gasteiger partial charge in [-0.25, -0.2) is 0 Å². The number of aliphatic hydroxyl groups is 2. The van der Waals surface area contributed by atoms with Crippen molar-refractivity contribution in [1.29, 1.82) is 0 Å². The molecule has 67 heavy (non-hydrogen) atoms. The highest BCUT2D eigenvalue weighted by molar-refractivity contribution is 5.77. The van der Waals surface area contributed by atoms with Crippen LogP contribution in [0.3, 0.4) is 0 Å². The summed E-state index contributed by atoms with van der Waals surface area (Å²) in [6, 6.07) is -0.738. The molecule has 3 N–H and O–H groups in total. The van der Waals surface area contributed by atoms with Gasteiger partial charge in [-0.15, -0.1) is 0 Å². The van der Waals surface area contributed by atoms with E-state index in [2.05, 4.69) is 123 Å². The zero-order valence-corrected chi connectivity index (χ0v) is 43.2. The lowest BCUT2D eigenvalue weighted by Gasteiger charge is -2.24. The van der Waals surface area contributed by atoms with E-state index in [1.165, 1.54) is 83.5 Å². The maximum absolute atomic E-state index is 13.2. The molecule has 0 fully saturated rings. The van der Waals surface area contributed by atoms with Gasteiger partial charge in [0.2, 0.25) is 5.91 Å². The van der Waals surface area contributed by atoms with Crippen LogP contribution in [0, 0.1) is 0 Å². The Morgan fingerprint density at radius 1 is 0.463 bits per heavy atom. The number of aliphatic hydroxyl groups excluding tert-OH is 2. The molecular formula is C61H101NO5. The van der Waals surface area contributed by atoms with Crippen molar-refractivity contribution in [2.24, 2.45) is 0 Å². The predicted octanol–water partition coefficient (Wildman–Crippen LogP) is 16.8. The van der Waals surface area contributed by atoms with Crippen molar-refractivity contribution in [3.63, 3.8) is 0 Å². The van der Waals surface area contributed by atoms with Crippen molar-refractivity contribution >= 4 is 11.9 Å². The Hall–Kier alpha value is -3.74. The smallest absolute Gasteiger partial charge is 0.306 e. The number of ether oxygens (including phenoxy) is 1. The van der Waals surface area contributed by atoms with Gasteiger partial charge >= 0.3 is 5.97 Å². The first kappa shape index (κ1) is 63.3. The number of nitrogens with one attached hydrogen (secondary N) is 1. The maximum Gasteiger partial charge on any atom is 0.306 e. The van der Waals surface area contributed by atoms with E-state index >= 15 is 0 Å². The number of esters is 1. The fourth-order valence-electron chi connectivity index (χ4n) is 7.53. The van der Waals surface area contributed by atoms with Crippen LogP contribution in [-0.2, 0) is 14.3 Å². The van der Waals surface area contributed by atoms with Crippen LogP contribution >= 0.6 is 0 Å². The largest absolute Gasteiger partial charge is 0.462 e. The zero-order chi connectivity index (χ0) is 48.8. The van der Waals surface area contributed by atoms with E-state index in [1.54, 1.807) is 0 Å². The lowest BCUT2D eigenvalue weighted by Crippen LogP contribution is -2.46. The Balaban J connectivity index is 4.81. The molecule has 0 heterocycles. The van der Waals surface area contributed by atoms with Crippen LogP contribution < -0.4 is 5.32 Å². The van der Waals surface area contributed by atoms with Gasteiger partial charge in [0.05, 0.1) is 25.2 Å². The minimum atomic E-state index is -0.819. The normalized spacial score (nSPS) is 14.2. The summed E-state index contributed by atoms with van der Waals surface area (Å²) < 4.78 is 5.89. The summed E-state index contributed by atoms with van der Waals surface area (Å²) in [5, 5.41) is 23.8. The molecule has 0 radical (unpaired) electrons. The highest BCUT2D eigenvalue weighted by atomic mass is 16.5. The fraction of sp³-hybridized carbons (Fsp3) is 0.639. The summed E-state index contributed by atoms with van der Waals surface area (Å²) in [5.74, 6) is -0.622. The summed E-state index contributed by atoms with van der Waals surface area (Å²) in [6.07, 6.45) is 74.0. The van der Waals surface area contributed by atoms with Gasteiger partial charge in [0, 0.05) is 6.42 Å². The standard InChI is InChI=1S/C61H101NO5/c1-4-7-10-13-16-19-22-25-27-29-30-31-33-36-39-42-45-48-51-54-61(66)67-57(52-49-46-43-40-37-35-32-28-26-23-20-17-14-11-8-5-2)55-60(65)62-58(56-63)59(64)53-50-47-44-41-38-34-24-21-18-15-12-9-6-3/h7,10,16-17,19-20,23,25-28,30-32,35-37,39,45,48,57-59,63-64H,4-6,8-9,11-15,18,21-22,24,29,33-34,38,40-44,46-47,49-56H2,1-3H3,(H,62,65)/b10-7-,19-16-,20-17+,26-23+,27-25-,31-30-,32-28+,37-35+,39-36-,48-45-. The Bertz CT molecular complexity index is 1410. The number of carbonyl (C=O) groups excluding carboxylic acids is 2. The Kier molecular flexibility index (Phi) is 50.2. The molecule has 380 valence electrons. The van der Waals surface area contributed by atoms with Gasteiger partial charge in [0.25, 0.3) is 0 Å². The van der Waals surface area contributed by atoms with E-state index < -0.39 is 18.2 Å². The molecule has 3 atom stereocenters. The molecule has 0 aromatic rings. The van der Waals surface area contributed by atoms with Gasteiger partial charge in [0.1, 0.15) is 6.10 Å². The average molecular weight is 928 g/mol. The van der Waals surface area contributed by atoms with Crippen LogP contribution in [0.5, 0.6) is 0 Å². The zero-order valence-electron chi connectivity index (χ0n) is 43.2. The first-order valence-electron chi connectivity index (χ1n) is 27.3. The van der Waals surface area contributed by atoms with Gasteiger partial charge in [-0.3, -0.25) is 9.59 Å². The quantitative estimate of drug-likeness (QED) is 0.0245. The highest BCUT2D eigenvalue weighted by Crippen LogP contribution is 2.17. The van der Waals surface area contributed by atoms with Crippen LogP contribution in [0.15, 0.2) is 122 Å². The number of amides is 1. The van der Waals surface area contributed by atoms with Crippen molar-refractivity contribution < 1.29 is 24.5 Å². The van der Waals surface area contributed by atoms with Gasteiger partial charge in [0.15, 0.2) is 0 Å². The lowest BCUT2D eigenvalue weighted by atomic mass is 10.0.